The van der Waals surface area contributed by atoms with Gasteiger partial charge in [-0.05, 0) is 37.3 Å². The normalized spacial score (nSPS) is 19.5. The van der Waals surface area contributed by atoms with Crippen molar-refractivity contribution in [3.63, 3.8) is 0 Å². The summed E-state index contributed by atoms with van der Waals surface area (Å²) in [5.41, 5.74) is 3.85. The van der Waals surface area contributed by atoms with Gasteiger partial charge in [-0.1, -0.05) is 18.2 Å². The van der Waals surface area contributed by atoms with Crippen LogP contribution in [0.1, 0.15) is 35.0 Å². The van der Waals surface area contributed by atoms with Crippen LogP contribution in [0.3, 0.4) is 0 Å². The molecule has 1 aromatic heterocycles. The van der Waals surface area contributed by atoms with Crippen LogP contribution in [0.2, 0.25) is 0 Å². The fourth-order valence-electron chi connectivity index (χ4n) is 3.60. The predicted molar refractivity (Wildman–Crippen MR) is 118 cm³/mol. The van der Waals surface area contributed by atoms with Gasteiger partial charge in [-0.15, -0.1) is 11.3 Å². The van der Waals surface area contributed by atoms with Crippen molar-refractivity contribution in [2.24, 2.45) is 16.9 Å². The van der Waals surface area contributed by atoms with E-state index in [1.807, 2.05) is 6.08 Å². The van der Waals surface area contributed by atoms with Crippen LogP contribution in [0.5, 0.6) is 11.5 Å². The number of amides is 2. The number of fused-ring (bicyclic) bond motifs is 1. The third-order valence-electron chi connectivity index (χ3n) is 5.32. The lowest BCUT2D eigenvalue weighted by Crippen LogP contribution is -2.35. The Hall–Kier alpha value is -3.66. The van der Waals surface area contributed by atoms with Crippen molar-refractivity contribution in [1.82, 2.24) is 5.43 Å². The lowest BCUT2D eigenvalue weighted by atomic mass is 9.82. The molecule has 0 saturated carbocycles. The van der Waals surface area contributed by atoms with Gasteiger partial charge in [0, 0.05) is 11.6 Å². The summed E-state index contributed by atoms with van der Waals surface area (Å²) in [5.74, 6) is -2.31. The number of anilines is 1. The Kier molecular flexibility index (Phi) is 6.22. The Morgan fingerprint density at radius 3 is 2.53 bits per heavy atom. The third-order valence-corrected chi connectivity index (χ3v) is 6.19. The van der Waals surface area contributed by atoms with Crippen LogP contribution in [0, 0.1) is 11.8 Å². The number of carboxylic acid groups (broad SMARTS) is 1. The van der Waals surface area contributed by atoms with Crippen LogP contribution in [0.4, 0.5) is 5.69 Å². The summed E-state index contributed by atoms with van der Waals surface area (Å²) >= 11 is 1.30. The number of nitrogens with one attached hydrogen (secondary N) is 2. The van der Waals surface area contributed by atoms with Crippen LogP contribution >= 0.6 is 11.3 Å². The average Bonchev–Trinajstić information content (AvgIpc) is 3.48. The number of benzene rings is 1. The highest BCUT2D eigenvalue weighted by Crippen LogP contribution is 2.38. The molecule has 0 radical (unpaired) electrons. The lowest BCUT2D eigenvalue weighted by molar-refractivity contribution is -0.146. The Bertz CT molecular complexity index is 1110. The first-order valence-corrected chi connectivity index (χ1v) is 10.8. The van der Waals surface area contributed by atoms with E-state index in [9.17, 15) is 19.5 Å². The number of rotatable bonds is 6. The molecular weight excluding hydrogens is 434 g/mol. The van der Waals surface area contributed by atoms with Gasteiger partial charge in [0.15, 0.2) is 11.5 Å². The van der Waals surface area contributed by atoms with Gasteiger partial charge in [-0.3, -0.25) is 14.4 Å². The molecule has 9 nitrogen and oxygen atoms in total. The van der Waals surface area contributed by atoms with Crippen LogP contribution in [-0.4, -0.2) is 35.4 Å². The molecule has 1 aromatic carbocycles. The number of carboxylic acids is 1. The van der Waals surface area contributed by atoms with Crippen molar-refractivity contribution in [2.75, 3.05) is 12.1 Å². The number of ether oxygens (including phenoxy) is 2. The van der Waals surface area contributed by atoms with E-state index in [0.717, 1.165) is 0 Å². The second kappa shape index (κ2) is 9.23. The monoisotopic (exact) mass is 455 g/mol. The van der Waals surface area contributed by atoms with Crippen molar-refractivity contribution < 1.29 is 29.0 Å². The highest BCUT2D eigenvalue weighted by atomic mass is 32.1. The molecule has 1 aliphatic carbocycles. The minimum absolute atomic E-state index is 0.0476. The summed E-state index contributed by atoms with van der Waals surface area (Å²) in [7, 11) is 0. The molecule has 0 fully saturated rings. The fourth-order valence-corrected chi connectivity index (χ4v) is 4.22. The SMILES string of the molecule is C/C(=N/NC(=O)c1cccs1)c1cc2c(cc1NC(=O)[C@H]1CC=CC[C@H]1C(=O)O)OCO2. The summed E-state index contributed by atoms with van der Waals surface area (Å²) in [6, 6.07) is 6.74. The highest BCUT2D eigenvalue weighted by Gasteiger charge is 2.34. The quantitative estimate of drug-likeness (QED) is 0.349. The van der Waals surface area contributed by atoms with Crippen LogP contribution in [-0.2, 0) is 9.59 Å². The first kappa shape index (κ1) is 21.6. The molecule has 0 bridgehead atoms. The highest BCUT2D eigenvalue weighted by molar-refractivity contribution is 7.12. The topological polar surface area (TPSA) is 126 Å². The fraction of sp³-hybridized carbons (Fsp3) is 0.273. The zero-order chi connectivity index (χ0) is 22.7. The molecule has 2 amide bonds. The molecule has 3 N–H and O–H groups in total. The number of aliphatic carboxylic acids is 1. The molecular formula is C22H21N3O6S. The summed E-state index contributed by atoms with van der Waals surface area (Å²) in [6.45, 7) is 1.73. The average molecular weight is 455 g/mol. The zero-order valence-corrected chi connectivity index (χ0v) is 18.0. The minimum Gasteiger partial charge on any atom is -0.481 e. The van der Waals surface area contributed by atoms with Gasteiger partial charge in [0.1, 0.15) is 0 Å². The lowest BCUT2D eigenvalue weighted by Gasteiger charge is -2.24. The molecule has 2 aromatic rings. The summed E-state index contributed by atoms with van der Waals surface area (Å²) in [5, 5.41) is 18.3. The van der Waals surface area contributed by atoms with E-state index in [1.54, 1.807) is 42.6 Å². The molecule has 32 heavy (non-hydrogen) atoms. The van der Waals surface area contributed by atoms with Crippen molar-refractivity contribution in [2.45, 2.75) is 19.8 Å². The van der Waals surface area contributed by atoms with Gasteiger partial charge in [-0.25, -0.2) is 5.43 Å². The van der Waals surface area contributed by atoms with Crippen molar-refractivity contribution in [3.05, 3.63) is 52.2 Å². The molecule has 4 rings (SSSR count). The smallest absolute Gasteiger partial charge is 0.307 e. The first-order chi connectivity index (χ1) is 15.4. The van der Waals surface area contributed by atoms with Crippen molar-refractivity contribution >= 4 is 40.5 Å². The minimum atomic E-state index is -1.01. The summed E-state index contributed by atoms with van der Waals surface area (Å²) in [6.07, 6.45) is 4.24. The number of hydrazone groups is 1. The van der Waals surface area contributed by atoms with Gasteiger partial charge in [0.2, 0.25) is 12.7 Å². The second-order valence-corrected chi connectivity index (χ2v) is 8.30. The number of nitrogens with zero attached hydrogens (tertiary/aromatic N) is 1. The molecule has 10 heteroatoms. The molecule has 0 spiro atoms. The molecule has 0 saturated heterocycles. The van der Waals surface area contributed by atoms with E-state index in [0.29, 0.717) is 46.2 Å². The van der Waals surface area contributed by atoms with E-state index >= 15 is 0 Å². The predicted octanol–water partition coefficient (Wildman–Crippen LogP) is 3.24. The maximum atomic E-state index is 13.0. The number of carbonyl (C=O) groups excluding carboxylic acids is 2. The second-order valence-electron chi connectivity index (χ2n) is 7.35. The van der Waals surface area contributed by atoms with E-state index in [2.05, 4.69) is 15.8 Å². The van der Waals surface area contributed by atoms with Crippen molar-refractivity contribution in [1.29, 1.82) is 0 Å². The van der Waals surface area contributed by atoms with E-state index in [1.165, 1.54) is 11.3 Å². The van der Waals surface area contributed by atoms with Gasteiger partial charge < -0.3 is 19.9 Å². The molecule has 2 heterocycles. The van der Waals surface area contributed by atoms with Gasteiger partial charge in [0.25, 0.3) is 5.91 Å². The molecule has 166 valence electrons. The van der Waals surface area contributed by atoms with E-state index in [4.69, 9.17) is 9.47 Å². The standard InChI is InChI=1S/C22H21N3O6S/c1-12(24-25-21(27)19-7-4-8-32-19)15-9-17-18(31-11-30-17)10-16(15)23-20(26)13-5-2-3-6-14(13)22(28)29/h2-4,7-10,13-14H,5-6,11H2,1H3,(H,23,26)(H,25,27)(H,28,29)/b24-12-/t13-,14+/m0/s1. The Balaban J connectivity index is 1.59. The number of allylic oxidation sites excluding steroid dienone is 2. The van der Waals surface area contributed by atoms with Crippen LogP contribution in [0.25, 0.3) is 0 Å². The van der Waals surface area contributed by atoms with Crippen LogP contribution < -0.4 is 20.2 Å². The van der Waals surface area contributed by atoms with Gasteiger partial charge in [0.05, 0.1) is 28.1 Å². The number of hydrogen-bond acceptors (Lipinski definition) is 7. The number of hydrogen-bond donors (Lipinski definition) is 3. The van der Waals surface area contributed by atoms with Crippen molar-refractivity contribution in [3.8, 4) is 11.5 Å². The Labute approximate surface area is 187 Å². The first-order valence-electron chi connectivity index (χ1n) is 9.95. The molecule has 0 unspecified atom stereocenters. The van der Waals surface area contributed by atoms with E-state index < -0.39 is 23.7 Å². The molecule has 2 aliphatic rings. The Morgan fingerprint density at radius 2 is 1.84 bits per heavy atom. The van der Waals surface area contributed by atoms with Gasteiger partial charge in [-0.2, -0.15) is 5.10 Å². The molecule has 1 aliphatic heterocycles. The number of thiophene rings is 1. The molecule has 2 atom stereocenters. The maximum absolute atomic E-state index is 13.0. The number of carbonyl (C=O) groups is 3. The van der Waals surface area contributed by atoms with E-state index in [-0.39, 0.29) is 12.7 Å². The summed E-state index contributed by atoms with van der Waals surface area (Å²) < 4.78 is 10.9. The van der Waals surface area contributed by atoms with Gasteiger partial charge >= 0.3 is 5.97 Å². The maximum Gasteiger partial charge on any atom is 0.307 e. The third kappa shape index (κ3) is 4.50. The largest absolute Gasteiger partial charge is 0.481 e. The Morgan fingerprint density at radius 1 is 1.12 bits per heavy atom. The summed E-state index contributed by atoms with van der Waals surface area (Å²) in [4.78, 5) is 37.3. The zero-order valence-electron chi connectivity index (χ0n) is 17.2. The van der Waals surface area contributed by atoms with Crippen LogP contribution in [0.15, 0.2) is 46.9 Å².